The van der Waals surface area contributed by atoms with E-state index < -0.39 is 23.4 Å². The summed E-state index contributed by atoms with van der Waals surface area (Å²) in [4.78, 5) is 27.2. The molecular weight excluding hydrogens is 402 g/mol. The molecule has 5 nitrogen and oxygen atoms in total. The van der Waals surface area contributed by atoms with E-state index in [1.165, 1.54) is 0 Å². The largest absolute Gasteiger partial charge is 0.494 e. The van der Waals surface area contributed by atoms with Crippen molar-refractivity contribution in [1.29, 1.82) is 0 Å². The molecular formula is C24H18F2N2O3. The molecule has 1 aliphatic heterocycles. The van der Waals surface area contributed by atoms with Crippen LogP contribution in [-0.2, 0) is 9.59 Å². The zero-order valence-corrected chi connectivity index (χ0v) is 16.6. The van der Waals surface area contributed by atoms with Gasteiger partial charge in [0.25, 0.3) is 11.8 Å². The van der Waals surface area contributed by atoms with Crippen LogP contribution in [0.4, 0.5) is 20.2 Å². The van der Waals surface area contributed by atoms with Crippen LogP contribution in [0.2, 0.25) is 0 Å². The van der Waals surface area contributed by atoms with Gasteiger partial charge in [0.2, 0.25) is 0 Å². The van der Waals surface area contributed by atoms with Crippen molar-refractivity contribution in [3.63, 3.8) is 0 Å². The van der Waals surface area contributed by atoms with Crippen LogP contribution in [0, 0.1) is 11.6 Å². The summed E-state index contributed by atoms with van der Waals surface area (Å²) >= 11 is 0. The smallest absolute Gasteiger partial charge is 0.282 e. The Labute approximate surface area is 177 Å². The summed E-state index contributed by atoms with van der Waals surface area (Å²) in [7, 11) is 0. The monoisotopic (exact) mass is 420 g/mol. The average molecular weight is 420 g/mol. The molecule has 0 atom stereocenters. The van der Waals surface area contributed by atoms with E-state index in [-0.39, 0.29) is 17.0 Å². The second kappa shape index (κ2) is 8.39. The van der Waals surface area contributed by atoms with E-state index in [0.717, 1.165) is 12.1 Å². The lowest BCUT2D eigenvalue weighted by molar-refractivity contribution is -0.120. The maximum Gasteiger partial charge on any atom is 0.282 e. The second-order valence-corrected chi connectivity index (χ2v) is 6.74. The van der Waals surface area contributed by atoms with Crippen LogP contribution >= 0.6 is 0 Å². The van der Waals surface area contributed by atoms with Crippen LogP contribution in [0.25, 0.3) is 5.57 Å². The lowest BCUT2D eigenvalue weighted by atomic mass is 10.0. The van der Waals surface area contributed by atoms with E-state index in [4.69, 9.17) is 4.74 Å². The van der Waals surface area contributed by atoms with Crippen molar-refractivity contribution >= 4 is 28.8 Å². The number of benzene rings is 3. The minimum absolute atomic E-state index is 0.00378. The Morgan fingerprint density at radius 2 is 1.61 bits per heavy atom. The molecule has 0 fully saturated rings. The molecule has 2 amide bonds. The number of hydrogen-bond donors (Lipinski definition) is 1. The Kier molecular flexibility index (Phi) is 5.49. The van der Waals surface area contributed by atoms with Crippen molar-refractivity contribution in [1.82, 2.24) is 0 Å². The number of anilines is 2. The van der Waals surface area contributed by atoms with Crippen LogP contribution in [0.3, 0.4) is 0 Å². The molecule has 3 aromatic carbocycles. The normalized spacial score (nSPS) is 13.7. The first-order valence-corrected chi connectivity index (χ1v) is 9.63. The zero-order chi connectivity index (χ0) is 22.0. The Hall–Kier alpha value is -4.00. The first kappa shape index (κ1) is 20.3. The van der Waals surface area contributed by atoms with Gasteiger partial charge in [0.15, 0.2) is 0 Å². The summed E-state index contributed by atoms with van der Waals surface area (Å²) in [5, 5.41) is 2.98. The number of carbonyl (C=O) groups excluding carboxylic acids is 2. The van der Waals surface area contributed by atoms with E-state index in [1.807, 2.05) is 13.0 Å². The lowest BCUT2D eigenvalue weighted by Crippen LogP contribution is -2.33. The van der Waals surface area contributed by atoms with Crippen molar-refractivity contribution in [2.75, 3.05) is 16.8 Å². The van der Waals surface area contributed by atoms with Crippen LogP contribution in [0.5, 0.6) is 5.75 Å². The molecule has 1 N–H and O–H groups in total. The van der Waals surface area contributed by atoms with Crippen LogP contribution < -0.4 is 15.0 Å². The van der Waals surface area contributed by atoms with E-state index in [9.17, 15) is 18.4 Å². The molecule has 3 aromatic rings. The SMILES string of the molecule is CCOc1ccc(C2=C(Nc3ccccc3)C(=O)N(c3ccc(F)cc3F)C2=O)cc1. The van der Waals surface area contributed by atoms with Crippen molar-refractivity contribution in [3.05, 3.63) is 95.7 Å². The lowest BCUT2D eigenvalue weighted by Gasteiger charge is -2.16. The predicted molar refractivity (Wildman–Crippen MR) is 113 cm³/mol. The molecule has 0 unspecified atom stereocenters. The number of nitrogens with one attached hydrogen (secondary N) is 1. The van der Waals surface area contributed by atoms with Gasteiger partial charge in [-0.3, -0.25) is 9.59 Å². The number of para-hydroxylation sites is 1. The summed E-state index contributed by atoms with van der Waals surface area (Å²) in [6, 6.07) is 18.2. The summed E-state index contributed by atoms with van der Waals surface area (Å²) in [6.45, 7) is 2.34. The highest BCUT2D eigenvalue weighted by atomic mass is 19.1. The molecule has 0 radical (unpaired) electrons. The zero-order valence-electron chi connectivity index (χ0n) is 16.6. The highest BCUT2D eigenvalue weighted by Crippen LogP contribution is 2.35. The average Bonchev–Trinajstić information content (AvgIpc) is 3.00. The summed E-state index contributed by atoms with van der Waals surface area (Å²) < 4.78 is 33.2. The molecule has 0 bridgehead atoms. The molecule has 156 valence electrons. The number of halogens is 2. The van der Waals surface area contributed by atoms with Crippen LogP contribution in [-0.4, -0.2) is 18.4 Å². The van der Waals surface area contributed by atoms with Gasteiger partial charge >= 0.3 is 0 Å². The molecule has 0 aliphatic carbocycles. The second-order valence-electron chi connectivity index (χ2n) is 6.74. The van der Waals surface area contributed by atoms with Gasteiger partial charge in [-0.2, -0.15) is 0 Å². The number of imide groups is 1. The molecule has 1 aliphatic rings. The van der Waals surface area contributed by atoms with Crippen LogP contribution in [0.15, 0.2) is 78.5 Å². The standard InChI is InChI=1S/C24H18F2N2O3/c1-2-31-18-11-8-15(9-12-18)21-22(27-17-6-4-3-5-7-17)24(30)28(23(21)29)20-13-10-16(25)14-19(20)26/h3-14,27H,2H2,1H3. The summed E-state index contributed by atoms with van der Waals surface area (Å²) in [6.07, 6.45) is 0. The van der Waals surface area contributed by atoms with Gasteiger partial charge in [-0.1, -0.05) is 30.3 Å². The van der Waals surface area contributed by atoms with E-state index in [2.05, 4.69) is 5.32 Å². The van der Waals surface area contributed by atoms with Crippen molar-refractivity contribution in [3.8, 4) is 5.75 Å². The van der Waals surface area contributed by atoms with Gasteiger partial charge < -0.3 is 10.1 Å². The van der Waals surface area contributed by atoms with E-state index >= 15 is 0 Å². The first-order chi connectivity index (χ1) is 15.0. The predicted octanol–water partition coefficient (Wildman–Crippen LogP) is 4.76. The Morgan fingerprint density at radius 3 is 2.26 bits per heavy atom. The highest BCUT2D eigenvalue weighted by molar-refractivity contribution is 6.46. The Bertz CT molecular complexity index is 1180. The van der Waals surface area contributed by atoms with Crippen LogP contribution in [0.1, 0.15) is 12.5 Å². The van der Waals surface area contributed by atoms with E-state index in [0.29, 0.717) is 34.6 Å². The van der Waals surface area contributed by atoms with Gasteiger partial charge in [-0.05, 0) is 48.9 Å². The molecule has 4 rings (SSSR count). The summed E-state index contributed by atoms with van der Waals surface area (Å²) in [5.74, 6) is -2.64. The molecule has 0 aromatic heterocycles. The molecule has 1 heterocycles. The number of hydrogen-bond acceptors (Lipinski definition) is 4. The number of amides is 2. The fourth-order valence-electron chi connectivity index (χ4n) is 3.35. The maximum atomic E-state index is 14.4. The summed E-state index contributed by atoms with van der Waals surface area (Å²) in [5.41, 5.74) is 0.822. The fraction of sp³-hybridized carbons (Fsp3) is 0.0833. The number of rotatable bonds is 6. The molecule has 31 heavy (non-hydrogen) atoms. The molecule has 0 saturated heterocycles. The van der Waals surface area contributed by atoms with Gasteiger partial charge in [0.1, 0.15) is 23.1 Å². The maximum absolute atomic E-state index is 14.4. The fourth-order valence-corrected chi connectivity index (χ4v) is 3.35. The van der Waals surface area contributed by atoms with E-state index in [1.54, 1.807) is 48.5 Å². The van der Waals surface area contributed by atoms with Crippen molar-refractivity contribution in [2.24, 2.45) is 0 Å². The quantitative estimate of drug-likeness (QED) is 0.584. The highest BCUT2D eigenvalue weighted by Gasteiger charge is 2.41. The third-order valence-corrected chi connectivity index (χ3v) is 4.73. The topological polar surface area (TPSA) is 58.6 Å². The first-order valence-electron chi connectivity index (χ1n) is 9.63. The molecule has 0 spiro atoms. The number of ether oxygens (including phenoxy) is 1. The molecule has 0 saturated carbocycles. The van der Waals surface area contributed by atoms with Gasteiger partial charge in [-0.15, -0.1) is 0 Å². The Balaban J connectivity index is 1.80. The Morgan fingerprint density at radius 1 is 0.903 bits per heavy atom. The third-order valence-electron chi connectivity index (χ3n) is 4.73. The number of carbonyl (C=O) groups is 2. The van der Waals surface area contributed by atoms with Gasteiger partial charge in [-0.25, -0.2) is 13.7 Å². The minimum atomic E-state index is -1.01. The van der Waals surface area contributed by atoms with Crippen molar-refractivity contribution < 1.29 is 23.1 Å². The molecule has 7 heteroatoms. The van der Waals surface area contributed by atoms with Gasteiger partial charge in [0.05, 0.1) is 17.9 Å². The minimum Gasteiger partial charge on any atom is -0.494 e. The van der Waals surface area contributed by atoms with Gasteiger partial charge in [0, 0.05) is 11.8 Å². The number of nitrogens with zero attached hydrogens (tertiary/aromatic N) is 1. The third kappa shape index (κ3) is 3.90. The van der Waals surface area contributed by atoms with Crippen molar-refractivity contribution in [2.45, 2.75) is 6.92 Å².